The number of rotatable bonds is 6. The molecule has 5 heteroatoms. The average molecular weight is 454 g/mol. The molecule has 0 saturated carbocycles. The van der Waals surface area contributed by atoms with E-state index in [1.165, 1.54) is 19.3 Å². The van der Waals surface area contributed by atoms with Crippen molar-refractivity contribution < 1.29 is 4.79 Å². The number of carbonyl (C=O) groups is 1. The van der Waals surface area contributed by atoms with Gasteiger partial charge in [0.05, 0.1) is 11.6 Å². The van der Waals surface area contributed by atoms with Gasteiger partial charge in [-0.1, -0.05) is 72.8 Å². The number of nitrogens with one attached hydrogen (secondary N) is 1. The first kappa shape index (κ1) is 21.4. The summed E-state index contributed by atoms with van der Waals surface area (Å²) in [5.41, 5.74) is 4.79. The van der Waals surface area contributed by atoms with Crippen LogP contribution in [-0.2, 0) is 4.79 Å². The molecule has 5 rings (SSSR count). The van der Waals surface area contributed by atoms with E-state index < -0.39 is 0 Å². The van der Waals surface area contributed by atoms with Gasteiger partial charge < -0.3 is 10.2 Å². The maximum atomic E-state index is 13.3. The summed E-state index contributed by atoms with van der Waals surface area (Å²) in [5.74, 6) is -0.404. The number of benzene rings is 3. The van der Waals surface area contributed by atoms with Crippen molar-refractivity contribution in [2.45, 2.75) is 25.2 Å². The van der Waals surface area contributed by atoms with E-state index in [2.05, 4.69) is 15.6 Å². The van der Waals surface area contributed by atoms with Crippen LogP contribution in [0.25, 0.3) is 11.3 Å². The molecule has 33 heavy (non-hydrogen) atoms. The van der Waals surface area contributed by atoms with Gasteiger partial charge in [-0.2, -0.15) is 0 Å². The van der Waals surface area contributed by atoms with E-state index in [0.29, 0.717) is 0 Å². The van der Waals surface area contributed by atoms with Crippen molar-refractivity contribution >= 4 is 28.1 Å². The van der Waals surface area contributed by atoms with E-state index in [9.17, 15) is 4.79 Å². The molecule has 4 nitrogen and oxygen atoms in total. The minimum Gasteiger partial charge on any atom is -0.348 e. The summed E-state index contributed by atoms with van der Waals surface area (Å²) < 4.78 is 0. The standard InChI is InChI=1S/C28H27N3OS/c32-27(26(22-10-4-1-5-11-22)23-12-6-2-7-13-23)29-24-16-14-21(15-17-24)25-20-33-28(30-25)31-18-8-3-9-19-31/h1-2,4-7,10-17,20,26H,3,8-9,18-19H2,(H,29,32). The van der Waals surface area contributed by atoms with E-state index in [0.717, 1.165) is 46.3 Å². The SMILES string of the molecule is O=C(Nc1ccc(-c2csc(N3CCCCC3)n2)cc1)C(c1ccccc1)c1ccccc1. The lowest BCUT2D eigenvalue weighted by Crippen LogP contribution is -2.29. The van der Waals surface area contributed by atoms with E-state index in [-0.39, 0.29) is 11.8 Å². The van der Waals surface area contributed by atoms with Crippen LogP contribution < -0.4 is 10.2 Å². The molecular weight excluding hydrogens is 426 g/mol. The van der Waals surface area contributed by atoms with Crippen LogP contribution in [0.3, 0.4) is 0 Å². The molecule has 0 bridgehead atoms. The minimum absolute atomic E-state index is 0.0406. The molecule has 1 N–H and O–H groups in total. The summed E-state index contributed by atoms with van der Waals surface area (Å²) in [4.78, 5) is 20.6. The van der Waals surface area contributed by atoms with Gasteiger partial charge in [0.15, 0.2) is 5.13 Å². The van der Waals surface area contributed by atoms with Crippen LogP contribution in [0.2, 0.25) is 0 Å². The molecule has 1 amide bonds. The molecule has 1 saturated heterocycles. The number of thiazole rings is 1. The van der Waals surface area contributed by atoms with Crippen molar-refractivity contribution in [1.29, 1.82) is 0 Å². The Morgan fingerprint density at radius 2 is 1.42 bits per heavy atom. The minimum atomic E-state index is -0.363. The lowest BCUT2D eigenvalue weighted by atomic mass is 9.90. The predicted molar refractivity (Wildman–Crippen MR) is 137 cm³/mol. The van der Waals surface area contributed by atoms with Gasteiger partial charge in [-0.05, 0) is 42.5 Å². The molecule has 2 heterocycles. The highest BCUT2D eigenvalue weighted by atomic mass is 32.1. The van der Waals surface area contributed by atoms with Gasteiger partial charge in [0, 0.05) is 29.7 Å². The molecular formula is C28H27N3OS. The zero-order chi connectivity index (χ0) is 22.5. The first-order chi connectivity index (χ1) is 16.3. The average Bonchev–Trinajstić information content (AvgIpc) is 3.37. The summed E-state index contributed by atoms with van der Waals surface area (Å²) in [6, 6.07) is 27.8. The van der Waals surface area contributed by atoms with Gasteiger partial charge in [0.2, 0.25) is 5.91 Å². The molecule has 166 valence electrons. The molecule has 0 spiro atoms. The van der Waals surface area contributed by atoms with Crippen molar-refractivity contribution in [3.8, 4) is 11.3 Å². The van der Waals surface area contributed by atoms with E-state index in [1.807, 2.05) is 84.9 Å². The largest absolute Gasteiger partial charge is 0.348 e. The topological polar surface area (TPSA) is 45.2 Å². The van der Waals surface area contributed by atoms with E-state index >= 15 is 0 Å². The molecule has 1 aliphatic rings. The summed E-state index contributed by atoms with van der Waals surface area (Å²) in [7, 11) is 0. The van der Waals surface area contributed by atoms with Crippen LogP contribution >= 0.6 is 11.3 Å². The summed E-state index contributed by atoms with van der Waals surface area (Å²) in [5, 5.41) is 6.34. The first-order valence-electron chi connectivity index (χ1n) is 11.5. The number of piperidine rings is 1. The quantitative estimate of drug-likeness (QED) is 0.359. The molecule has 0 radical (unpaired) electrons. The first-order valence-corrected chi connectivity index (χ1v) is 12.4. The summed E-state index contributed by atoms with van der Waals surface area (Å²) in [6.45, 7) is 2.20. The molecule has 0 aliphatic carbocycles. The number of nitrogens with zero attached hydrogens (tertiary/aromatic N) is 2. The molecule has 0 unspecified atom stereocenters. The molecule has 0 atom stereocenters. The van der Waals surface area contributed by atoms with E-state index in [4.69, 9.17) is 4.98 Å². The number of anilines is 2. The highest BCUT2D eigenvalue weighted by Crippen LogP contribution is 2.31. The zero-order valence-electron chi connectivity index (χ0n) is 18.5. The van der Waals surface area contributed by atoms with Gasteiger partial charge in [-0.15, -0.1) is 11.3 Å². The van der Waals surface area contributed by atoms with Gasteiger partial charge >= 0.3 is 0 Å². The third-order valence-electron chi connectivity index (χ3n) is 6.09. The number of aromatic nitrogens is 1. The van der Waals surface area contributed by atoms with Crippen molar-refractivity contribution in [1.82, 2.24) is 4.98 Å². The number of carbonyl (C=O) groups excluding carboxylic acids is 1. The second kappa shape index (κ2) is 10.0. The Kier molecular flexibility index (Phi) is 6.49. The van der Waals surface area contributed by atoms with Gasteiger partial charge in [-0.3, -0.25) is 4.79 Å². The Labute approximate surface area is 198 Å². The predicted octanol–water partition coefficient (Wildman–Crippen LogP) is 6.57. The van der Waals surface area contributed by atoms with Crippen LogP contribution in [0.5, 0.6) is 0 Å². The van der Waals surface area contributed by atoms with Crippen LogP contribution in [0.15, 0.2) is 90.3 Å². The molecule has 1 aliphatic heterocycles. The monoisotopic (exact) mass is 453 g/mol. The van der Waals surface area contributed by atoms with Gasteiger partial charge in [0.25, 0.3) is 0 Å². The van der Waals surface area contributed by atoms with Gasteiger partial charge in [0.1, 0.15) is 0 Å². The molecule has 4 aromatic rings. The number of hydrogen-bond acceptors (Lipinski definition) is 4. The Bertz CT molecular complexity index is 1140. The van der Waals surface area contributed by atoms with Gasteiger partial charge in [-0.25, -0.2) is 4.98 Å². The van der Waals surface area contributed by atoms with Crippen LogP contribution in [0, 0.1) is 0 Å². The van der Waals surface area contributed by atoms with E-state index in [1.54, 1.807) is 11.3 Å². The Hall–Kier alpha value is -3.44. The van der Waals surface area contributed by atoms with Crippen molar-refractivity contribution in [2.24, 2.45) is 0 Å². The fourth-order valence-electron chi connectivity index (χ4n) is 4.35. The van der Waals surface area contributed by atoms with Crippen molar-refractivity contribution in [3.63, 3.8) is 0 Å². The maximum absolute atomic E-state index is 13.3. The van der Waals surface area contributed by atoms with Crippen molar-refractivity contribution in [2.75, 3.05) is 23.3 Å². The third-order valence-corrected chi connectivity index (χ3v) is 7.00. The Balaban J connectivity index is 1.32. The fourth-order valence-corrected chi connectivity index (χ4v) is 5.24. The highest BCUT2D eigenvalue weighted by Gasteiger charge is 2.22. The van der Waals surface area contributed by atoms with Crippen LogP contribution in [0.4, 0.5) is 10.8 Å². The molecule has 1 aromatic heterocycles. The Morgan fingerprint density at radius 3 is 2.03 bits per heavy atom. The maximum Gasteiger partial charge on any atom is 0.236 e. The Morgan fingerprint density at radius 1 is 0.818 bits per heavy atom. The summed E-state index contributed by atoms with van der Waals surface area (Å²) >= 11 is 1.71. The normalized spacial score (nSPS) is 13.8. The highest BCUT2D eigenvalue weighted by molar-refractivity contribution is 7.14. The summed E-state index contributed by atoms with van der Waals surface area (Å²) in [6.07, 6.45) is 3.81. The van der Waals surface area contributed by atoms with Crippen LogP contribution in [0.1, 0.15) is 36.3 Å². The number of hydrogen-bond donors (Lipinski definition) is 1. The van der Waals surface area contributed by atoms with Crippen molar-refractivity contribution in [3.05, 3.63) is 101 Å². The lowest BCUT2D eigenvalue weighted by Gasteiger charge is -2.25. The second-order valence-corrected chi connectivity index (χ2v) is 9.22. The van der Waals surface area contributed by atoms with Crippen LogP contribution in [-0.4, -0.2) is 24.0 Å². The molecule has 1 fully saturated rings. The second-order valence-electron chi connectivity index (χ2n) is 8.38. The zero-order valence-corrected chi connectivity index (χ0v) is 19.3. The third kappa shape index (κ3) is 4.99. The fraction of sp³-hybridized carbons (Fsp3) is 0.214. The lowest BCUT2D eigenvalue weighted by molar-refractivity contribution is -0.116. The number of amides is 1. The molecule has 3 aromatic carbocycles. The smallest absolute Gasteiger partial charge is 0.236 e.